The lowest BCUT2D eigenvalue weighted by atomic mass is 10.2. The van der Waals surface area contributed by atoms with Crippen LogP contribution in [-0.2, 0) is 6.54 Å². The number of benzene rings is 1. The van der Waals surface area contributed by atoms with Crippen molar-refractivity contribution >= 4 is 11.6 Å². The first-order valence-corrected chi connectivity index (χ1v) is 6.90. The highest BCUT2D eigenvalue weighted by Gasteiger charge is 2.07. The van der Waals surface area contributed by atoms with Crippen molar-refractivity contribution in [1.82, 2.24) is 10.3 Å². The van der Waals surface area contributed by atoms with E-state index in [1.165, 1.54) is 6.20 Å². The molecule has 1 aromatic carbocycles. The van der Waals surface area contributed by atoms with Gasteiger partial charge in [0.15, 0.2) is 0 Å². The van der Waals surface area contributed by atoms with Gasteiger partial charge in [0.25, 0.3) is 5.91 Å². The second-order valence-electron chi connectivity index (χ2n) is 4.72. The number of hydrogen-bond acceptors (Lipinski definition) is 3. The highest BCUT2D eigenvalue weighted by Crippen LogP contribution is 2.11. The number of rotatable bonds is 6. The third-order valence-electron chi connectivity index (χ3n) is 2.93. The van der Waals surface area contributed by atoms with Crippen LogP contribution in [0.3, 0.4) is 0 Å². The minimum Gasteiger partial charge on any atom is -0.322 e. The number of carbonyl (C=O) groups excluding carboxylic acids is 1. The monoisotopic (exact) mass is 287 g/mol. The molecule has 2 rings (SSSR count). The number of nitrogens with one attached hydrogen (secondary N) is 2. The lowest BCUT2D eigenvalue weighted by Gasteiger charge is -2.07. The number of amides is 1. The lowest BCUT2D eigenvalue weighted by Crippen LogP contribution is -2.14. The van der Waals surface area contributed by atoms with Gasteiger partial charge in [-0.05, 0) is 36.7 Å². The number of aromatic nitrogens is 1. The summed E-state index contributed by atoms with van der Waals surface area (Å²) >= 11 is 0. The summed E-state index contributed by atoms with van der Waals surface area (Å²) in [5.41, 5.74) is 2.01. The standard InChI is InChI=1S/C16H18FN3O/c1-2-7-18-9-12-3-5-15(6-4-12)20-16(21)13-8-14(17)11-19-10-13/h3-6,8,10-11,18H,2,7,9H2,1H3,(H,20,21). The fourth-order valence-electron chi connectivity index (χ4n) is 1.85. The van der Waals surface area contributed by atoms with Crippen molar-refractivity contribution in [2.45, 2.75) is 19.9 Å². The zero-order chi connectivity index (χ0) is 15.1. The summed E-state index contributed by atoms with van der Waals surface area (Å²) in [6.45, 7) is 3.90. The molecule has 110 valence electrons. The van der Waals surface area contributed by atoms with Crippen molar-refractivity contribution in [1.29, 1.82) is 0 Å². The third-order valence-corrected chi connectivity index (χ3v) is 2.93. The first-order valence-electron chi connectivity index (χ1n) is 6.90. The molecule has 1 aromatic heterocycles. The van der Waals surface area contributed by atoms with E-state index in [1.807, 2.05) is 24.3 Å². The largest absolute Gasteiger partial charge is 0.322 e. The van der Waals surface area contributed by atoms with Crippen LogP contribution in [0.4, 0.5) is 10.1 Å². The van der Waals surface area contributed by atoms with E-state index in [1.54, 1.807) is 0 Å². The summed E-state index contributed by atoms with van der Waals surface area (Å²) in [5, 5.41) is 6.02. The van der Waals surface area contributed by atoms with Gasteiger partial charge >= 0.3 is 0 Å². The van der Waals surface area contributed by atoms with Gasteiger partial charge in [-0.25, -0.2) is 4.39 Å². The van der Waals surface area contributed by atoms with Gasteiger partial charge in [0, 0.05) is 18.4 Å². The first-order chi connectivity index (χ1) is 10.2. The highest BCUT2D eigenvalue weighted by molar-refractivity contribution is 6.04. The molecule has 2 aromatic rings. The van der Waals surface area contributed by atoms with E-state index in [9.17, 15) is 9.18 Å². The van der Waals surface area contributed by atoms with E-state index in [0.29, 0.717) is 5.69 Å². The fraction of sp³-hybridized carbons (Fsp3) is 0.250. The quantitative estimate of drug-likeness (QED) is 0.803. The molecule has 0 bridgehead atoms. The molecule has 0 aliphatic rings. The van der Waals surface area contributed by atoms with Crippen LogP contribution in [0.1, 0.15) is 29.3 Å². The van der Waals surface area contributed by atoms with Crippen molar-refractivity contribution in [3.8, 4) is 0 Å². The Bertz CT molecular complexity index is 599. The van der Waals surface area contributed by atoms with E-state index in [-0.39, 0.29) is 11.5 Å². The number of hydrogen-bond donors (Lipinski definition) is 2. The van der Waals surface area contributed by atoms with Crippen molar-refractivity contribution in [3.05, 3.63) is 59.7 Å². The van der Waals surface area contributed by atoms with Gasteiger partial charge in [0.2, 0.25) is 0 Å². The molecule has 0 fully saturated rings. The Labute approximate surface area is 123 Å². The molecular formula is C16H18FN3O. The molecule has 4 nitrogen and oxygen atoms in total. The molecule has 0 aliphatic carbocycles. The van der Waals surface area contributed by atoms with Gasteiger partial charge in [-0.1, -0.05) is 19.1 Å². The van der Waals surface area contributed by atoms with E-state index in [4.69, 9.17) is 0 Å². The number of anilines is 1. The zero-order valence-corrected chi connectivity index (χ0v) is 11.9. The van der Waals surface area contributed by atoms with Gasteiger partial charge in [-0.15, -0.1) is 0 Å². The molecule has 0 spiro atoms. The van der Waals surface area contributed by atoms with Crippen LogP contribution in [0.5, 0.6) is 0 Å². The SMILES string of the molecule is CCCNCc1ccc(NC(=O)c2cncc(F)c2)cc1. The summed E-state index contributed by atoms with van der Waals surface area (Å²) in [5.74, 6) is -0.904. The molecular weight excluding hydrogens is 269 g/mol. The van der Waals surface area contributed by atoms with Gasteiger partial charge in [-0.2, -0.15) is 0 Å². The predicted molar refractivity (Wildman–Crippen MR) is 80.6 cm³/mol. The van der Waals surface area contributed by atoms with Gasteiger partial charge in [0.1, 0.15) is 5.82 Å². The van der Waals surface area contributed by atoms with Crippen molar-refractivity contribution in [3.63, 3.8) is 0 Å². The minimum atomic E-state index is -0.528. The molecule has 21 heavy (non-hydrogen) atoms. The Morgan fingerprint density at radius 2 is 2.00 bits per heavy atom. The number of nitrogens with zero attached hydrogens (tertiary/aromatic N) is 1. The molecule has 0 radical (unpaired) electrons. The molecule has 0 saturated carbocycles. The van der Waals surface area contributed by atoms with Crippen molar-refractivity contribution in [2.24, 2.45) is 0 Å². The summed E-state index contributed by atoms with van der Waals surface area (Å²) in [7, 11) is 0. The Kier molecular flexibility index (Phi) is 5.40. The summed E-state index contributed by atoms with van der Waals surface area (Å²) in [6, 6.07) is 8.71. The molecule has 0 atom stereocenters. The van der Waals surface area contributed by atoms with Crippen LogP contribution in [0.15, 0.2) is 42.7 Å². The average Bonchev–Trinajstić information content (AvgIpc) is 2.49. The maximum Gasteiger partial charge on any atom is 0.257 e. The van der Waals surface area contributed by atoms with Crippen LogP contribution in [-0.4, -0.2) is 17.4 Å². The molecule has 2 N–H and O–H groups in total. The third kappa shape index (κ3) is 4.65. The van der Waals surface area contributed by atoms with Crippen LogP contribution < -0.4 is 10.6 Å². The molecule has 0 saturated heterocycles. The zero-order valence-electron chi connectivity index (χ0n) is 11.9. The van der Waals surface area contributed by atoms with E-state index in [0.717, 1.165) is 37.3 Å². The fourth-order valence-corrected chi connectivity index (χ4v) is 1.85. The van der Waals surface area contributed by atoms with Crippen molar-refractivity contribution < 1.29 is 9.18 Å². The summed E-state index contributed by atoms with van der Waals surface area (Å²) in [4.78, 5) is 15.6. The number of carbonyl (C=O) groups is 1. The first kappa shape index (κ1) is 15.1. The van der Waals surface area contributed by atoms with Gasteiger partial charge in [-0.3, -0.25) is 9.78 Å². The van der Waals surface area contributed by atoms with E-state index < -0.39 is 5.82 Å². The summed E-state index contributed by atoms with van der Waals surface area (Å²) in [6.07, 6.45) is 3.49. The van der Waals surface area contributed by atoms with Crippen LogP contribution in [0.2, 0.25) is 0 Å². The molecule has 0 aliphatic heterocycles. The number of halogens is 1. The second-order valence-corrected chi connectivity index (χ2v) is 4.72. The lowest BCUT2D eigenvalue weighted by molar-refractivity contribution is 0.102. The van der Waals surface area contributed by atoms with Crippen LogP contribution >= 0.6 is 0 Å². The Balaban J connectivity index is 1.95. The Morgan fingerprint density at radius 3 is 2.67 bits per heavy atom. The smallest absolute Gasteiger partial charge is 0.257 e. The molecule has 1 heterocycles. The maximum absolute atomic E-state index is 13.0. The normalized spacial score (nSPS) is 10.4. The predicted octanol–water partition coefficient (Wildman–Crippen LogP) is 2.97. The van der Waals surface area contributed by atoms with Gasteiger partial charge < -0.3 is 10.6 Å². The Morgan fingerprint density at radius 1 is 1.24 bits per heavy atom. The molecule has 0 unspecified atom stereocenters. The van der Waals surface area contributed by atoms with E-state index >= 15 is 0 Å². The number of pyridine rings is 1. The van der Waals surface area contributed by atoms with Gasteiger partial charge in [0.05, 0.1) is 11.8 Å². The average molecular weight is 287 g/mol. The molecule has 5 heteroatoms. The van der Waals surface area contributed by atoms with E-state index in [2.05, 4.69) is 22.5 Å². The second kappa shape index (κ2) is 7.50. The van der Waals surface area contributed by atoms with Crippen LogP contribution in [0, 0.1) is 5.82 Å². The van der Waals surface area contributed by atoms with Crippen molar-refractivity contribution in [2.75, 3.05) is 11.9 Å². The maximum atomic E-state index is 13.0. The molecule has 1 amide bonds. The van der Waals surface area contributed by atoms with Crippen LogP contribution in [0.25, 0.3) is 0 Å². The minimum absolute atomic E-state index is 0.198. The topological polar surface area (TPSA) is 54.0 Å². The highest BCUT2D eigenvalue weighted by atomic mass is 19.1. The summed E-state index contributed by atoms with van der Waals surface area (Å²) < 4.78 is 13.0. The Hall–Kier alpha value is -2.27.